The molecule has 4 aliphatic carbocycles. The molecule has 0 radical (unpaired) electrons. The molecule has 1 aromatic carbocycles. The van der Waals surface area contributed by atoms with E-state index in [2.05, 4.69) is 40.5 Å². The molecule has 3 nitrogen and oxygen atoms in total. The minimum atomic E-state index is -0.368. The molecule has 0 spiro atoms. The second-order valence-corrected chi connectivity index (χ2v) is 11.3. The number of carbonyl (C=O) groups is 1. The van der Waals surface area contributed by atoms with Gasteiger partial charge in [-0.1, -0.05) is 30.3 Å². The molecule has 0 aromatic heterocycles. The van der Waals surface area contributed by atoms with Crippen molar-refractivity contribution in [1.82, 2.24) is 10.2 Å². The van der Waals surface area contributed by atoms with E-state index in [1.165, 1.54) is 31.5 Å². The van der Waals surface area contributed by atoms with Crippen molar-refractivity contribution >= 4 is 5.91 Å². The summed E-state index contributed by atoms with van der Waals surface area (Å²) in [7, 11) is 0. The number of fused-ring (bicyclic) bond motifs is 3. The van der Waals surface area contributed by atoms with Gasteiger partial charge < -0.3 is 10.2 Å². The smallest absolute Gasteiger partial charge is 0.226 e. The summed E-state index contributed by atoms with van der Waals surface area (Å²) < 4.78 is 14.5. The second-order valence-electron chi connectivity index (χ2n) is 11.3. The van der Waals surface area contributed by atoms with Gasteiger partial charge in [0, 0.05) is 18.0 Å². The molecular formula is C25H33FN2O. The summed E-state index contributed by atoms with van der Waals surface area (Å²) in [6, 6.07) is 11.0. The zero-order valence-electron chi connectivity index (χ0n) is 17.3. The molecule has 5 atom stereocenters. The number of benzene rings is 1. The van der Waals surface area contributed by atoms with Crippen LogP contribution in [0.5, 0.6) is 0 Å². The summed E-state index contributed by atoms with van der Waals surface area (Å²) in [5, 5.41) is 3.51. The number of amides is 1. The molecule has 3 heterocycles. The van der Waals surface area contributed by atoms with Crippen molar-refractivity contribution in [3.63, 3.8) is 0 Å². The van der Waals surface area contributed by atoms with Crippen molar-refractivity contribution in [3.05, 3.63) is 35.9 Å². The first-order valence-corrected chi connectivity index (χ1v) is 11.7. The summed E-state index contributed by atoms with van der Waals surface area (Å²) in [4.78, 5) is 16.3. The highest BCUT2D eigenvalue weighted by atomic mass is 19.1. The van der Waals surface area contributed by atoms with Crippen LogP contribution in [0.1, 0.15) is 56.9 Å². The third-order valence-electron chi connectivity index (χ3n) is 9.31. The zero-order chi connectivity index (χ0) is 19.7. The van der Waals surface area contributed by atoms with E-state index >= 15 is 0 Å². The van der Waals surface area contributed by atoms with Gasteiger partial charge in [0.15, 0.2) is 0 Å². The standard InChI is InChI=1S/C25H33FN2O/c26-17-23-10-18-11-24(14-23,20-4-2-1-3-5-20)16-25(12-18,15-23)22(29)27-21-13-28-8-6-19(21)7-9-28/h1-5,18-19,21H,6-17H2,(H,27,29)/t18?,21-,23-,24+,25?/m1/s1. The van der Waals surface area contributed by atoms with Crippen LogP contribution in [0.2, 0.25) is 0 Å². The fraction of sp³-hybridized carbons (Fsp3) is 0.720. The maximum absolute atomic E-state index is 14.5. The van der Waals surface area contributed by atoms with Crippen LogP contribution < -0.4 is 5.32 Å². The maximum Gasteiger partial charge on any atom is 0.226 e. The number of nitrogens with one attached hydrogen (secondary N) is 1. The van der Waals surface area contributed by atoms with Crippen molar-refractivity contribution in [3.8, 4) is 0 Å². The Balaban J connectivity index is 1.33. The monoisotopic (exact) mass is 396 g/mol. The number of alkyl halides is 1. The van der Waals surface area contributed by atoms with Crippen LogP contribution in [0.4, 0.5) is 4.39 Å². The Labute approximate surface area is 173 Å². The van der Waals surface area contributed by atoms with Crippen molar-refractivity contribution < 1.29 is 9.18 Å². The van der Waals surface area contributed by atoms with Crippen LogP contribution in [0, 0.1) is 22.7 Å². The van der Waals surface area contributed by atoms with E-state index in [0.29, 0.717) is 17.9 Å². The highest BCUT2D eigenvalue weighted by Gasteiger charge is 2.66. The molecule has 8 rings (SSSR count). The first-order valence-electron chi connectivity index (χ1n) is 11.7. The number of nitrogens with zero attached hydrogens (tertiary/aromatic N) is 1. The lowest BCUT2D eigenvalue weighted by Gasteiger charge is -2.65. The minimum absolute atomic E-state index is 0.0147. The lowest BCUT2D eigenvalue weighted by atomic mass is 9.38. The Morgan fingerprint density at radius 2 is 1.86 bits per heavy atom. The molecule has 4 saturated carbocycles. The van der Waals surface area contributed by atoms with E-state index in [1.807, 2.05) is 0 Å². The van der Waals surface area contributed by atoms with Crippen LogP contribution in [0.3, 0.4) is 0 Å². The molecule has 7 aliphatic rings. The number of rotatable bonds is 4. The normalized spacial score (nSPS) is 47.3. The Morgan fingerprint density at radius 1 is 1.07 bits per heavy atom. The predicted octanol–water partition coefficient (Wildman–Crippen LogP) is 4.07. The fourth-order valence-corrected chi connectivity index (χ4v) is 8.60. The molecule has 4 heteroatoms. The van der Waals surface area contributed by atoms with Crippen LogP contribution in [0.25, 0.3) is 0 Å². The third kappa shape index (κ3) is 2.74. The van der Waals surface area contributed by atoms with E-state index in [4.69, 9.17) is 0 Å². The van der Waals surface area contributed by atoms with Gasteiger partial charge in [-0.15, -0.1) is 0 Å². The van der Waals surface area contributed by atoms with Crippen molar-refractivity contribution in [2.45, 2.75) is 62.8 Å². The van der Waals surface area contributed by atoms with Crippen LogP contribution in [-0.4, -0.2) is 43.2 Å². The summed E-state index contributed by atoms with van der Waals surface area (Å²) in [5.74, 6) is 1.37. The lowest BCUT2D eigenvalue weighted by Crippen LogP contribution is -2.65. The molecule has 1 amide bonds. The first kappa shape index (κ1) is 18.4. The van der Waals surface area contributed by atoms with E-state index in [0.717, 1.165) is 45.1 Å². The maximum atomic E-state index is 14.5. The van der Waals surface area contributed by atoms with Gasteiger partial charge in [0.2, 0.25) is 5.91 Å². The summed E-state index contributed by atoms with van der Waals surface area (Å²) in [5.41, 5.74) is 0.663. The molecule has 6 bridgehead atoms. The van der Waals surface area contributed by atoms with Gasteiger partial charge in [0.05, 0.1) is 12.1 Å². The van der Waals surface area contributed by atoms with Crippen LogP contribution in [0.15, 0.2) is 30.3 Å². The summed E-state index contributed by atoms with van der Waals surface area (Å²) >= 11 is 0. The second kappa shape index (κ2) is 6.29. The number of halogens is 1. The Bertz CT molecular complexity index is 806. The van der Waals surface area contributed by atoms with Gasteiger partial charge in [-0.25, -0.2) is 0 Å². The van der Waals surface area contributed by atoms with Gasteiger partial charge in [0.25, 0.3) is 0 Å². The predicted molar refractivity (Wildman–Crippen MR) is 111 cm³/mol. The molecular weight excluding hydrogens is 363 g/mol. The number of hydrogen-bond acceptors (Lipinski definition) is 2. The van der Waals surface area contributed by atoms with Crippen LogP contribution >= 0.6 is 0 Å². The molecule has 156 valence electrons. The van der Waals surface area contributed by atoms with Gasteiger partial charge in [-0.2, -0.15) is 0 Å². The zero-order valence-corrected chi connectivity index (χ0v) is 17.3. The van der Waals surface area contributed by atoms with Crippen molar-refractivity contribution in [2.75, 3.05) is 26.3 Å². The quantitative estimate of drug-likeness (QED) is 0.832. The topological polar surface area (TPSA) is 32.3 Å². The van der Waals surface area contributed by atoms with Gasteiger partial charge >= 0.3 is 0 Å². The average molecular weight is 397 g/mol. The summed E-state index contributed by atoms with van der Waals surface area (Å²) in [6.45, 7) is 3.11. The molecule has 3 saturated heterocycles. The van der Waals surface area contributed by atoms with Gasteiger partial charge in [0.1, 0.15) is 0 Å². The Kier molecular flexibility index (Phi) is 3.98. The fourth-order valence-electron chi connectivity index (χ4n) is 8.60. The van der Waals surface area contributed by atoms with Gasteiger partial charge in [-0.05, 0) is 87.3 Å². The Hall–Kier alpha value is -1.42. The van der Waals surface area contributed by atoms with Gasteiger partial charge in [-0.3, -0.25) is 9.18 Å². The van der Waals surface area contributed by atoms with Crippen molar-refractivity contribution in [2.24, 2.45) is 22.7 Å². The van der Waals surface area contributed by atoms with E-state index in [-0.39, 0.29) is 28.8 Å². The van der Waals surface area contributed by atoms with Crippen LogP contribution in [-0.2, 0) is 10.2 Å². The number of hydrogen-bond donors (Lipinski definition) is 1. The summed E-state index contributed by atoms with van der Waals surface area (Å²) in [6.07, 6.45) is 8.10. The lowest BCUT2D eigenvalue weighted by molar-refractivity contribution is -0.166. The molecule has 1 aromatic rings. The van der Waals surface area contributed by atoms with E-state index in [1.54, 1.807) is 0 Å². The highest BCUT2D eigenvalue weighted by molar-refractivity contribution is 5.84. The molecule has 3 aliphatic heterocycles. The average Bonchev–Trinajstić information content (AvgIpc) is 2.74. The number of carbonyl (C=O) groups excluding carboxylic acids is 1. The molecule has 29 heavy (non-hydrogen) atoms. The minimum Gasteiger partial charge on any atom is -0.351 e. The SMILES string of the molecule is O=C(N[C@@H]1CN2CCC1CC2)C12CC3C[C@](CF)(C1)C[C@@](c1ccccc1)(C3)C2. The van der Waals surface area contributed by atoms with Crippen molar-refractivity contribution in [1.29, 1.82) is 0 Å². The van der Waals surface area contributed by atoms with E-state index < -0.39 is 0 Å². The largest absolute Gasteiger partial charge is 0.351 e. The highest BCUT2D eigenvalue weighted by Crippen LogP contribution is 2.70. The molecule has 1 N–H and O–H groups in total. The molecule has 2 unspecified atom stereocenters. The third-order valence-corrected chi connectivity index (χ3v) is 9.31. The van der Waals surface area contributed by atoms with E-state index in [9.17, 15) is 9.18 Å². The molecule has 7 fully saturated rings. The Morgan fingerprint density at radius 3 is 2.55 bits per heavy atom. The number of piperidine rings is 3. The first-order chi connectivity index (χ1) is 14.0.